The van der Waals surface area contributed by atoms with Crippen LogP contribution in [0.5, 0.6) is 0 Å². The van der Waals surface area contributed by atoms with Gasteiger partial charge < -0.3 is 30.9 Å². The van der Waals surface area contributed by atoms with Crippen LogP contribution in [0, 0.1) is 5.82 Å². The molecule has 196 valence electrons. The monoisotopic (exact) mass is 530 g/mol. The molecule has 10 heteroatoms. The Morgan fingerprint density at radius 2 is 1.71 bits per heavy atom. The molecule has 1 saturated heterocycles. The summed E-state index contributed by atoms with van der Waals surface area (Å²) in [6, 6.07) is 19.8. The van der Waals surface area contributed by atoms with Gasteiger partial charge in [-0.05, 0) is 73.6 Å². The Balaban J connectivity index is 1.39. The van der Waals surface area contributed by atoms with Gasteiger partial charge in [0.2, 0.25) is 5.95 Å². The van der Waals surface area contributed by atoms with E-state index < -0.39 is 0 Å². The van der Waals surface area contributed by atoms with E-state index >= 15 is 0 Å². The van der Waals surface area contributed by atoms with E-state index in [0.29, 0.717) is 39.8 Å². The highest BCUT2D eigenvalue weighted by Crippen LogP contribution is 2.29. The van der Waals surface area contributed by atoms with E-state index in [0.717, 1.165) is 31.9 Å². The van der Waals surface area contributed by atoms with Crippen LogP contribution in [-0.2, 0) is 0 Å². The highest BCUT2D eigenvalue weighted by Gasteiger charge is 2.15. The third-order valence-corrected chi connectivity index (χ3v) is 6.50. The van der Waals surface area contributed by atoms with Crippen LogP contribution >= 0.6 is 12.6 Å². The molecule has 3 aromatic carbocycles. The van der Waals surface area contributed by atoms with Gasteiger partial charge in [0.1, 0.15) is 11.6 Å². The highest BCUT2D eigenvalue weighted by atomic mass is 32.1. The van der Waals surface area contributed by atoms with Crippen molar-refractivity contribution in [3.8, 4) is 0 Å². The van der Waals surface area contributed by atoms with Crippen molar-refractivity contribution in [3.05, 3.63) is 84.5 Å². The minimum atomic E-state index is -0.382. The summed E-state index contributed by atoms with van der Waals surface area (Å²) in [5.74, 6) is 0.545. The van der Waals surface area contributed by atoms with E-state index in [4.69, 9.17) is 0 Å². The lowest BCUT2D eigenvalue weighted by Gasteiger charge is -2.34. The molecule has 0 aliphatic carbocycles. The second kappa shape index (κ2) is 11.6. The van der Waals surface area contributed by atoms with Gasteiger partial charge in [-0.25, -0.2) is 9.37 Å². The van der Waals surface area contributed by atoms with Crippen LogP contribution < -0.4 is 26.0 Å². The average Bonchev–Trinajstić information content (AvgIpc) is 2.90. The van der Waals surface area contributed by atoms with Crippen molar-refractivity contribution in [1.29, 1.82) is 0 Å². The molecule has 0 unspecified atom stereocenters. The minimum absolute atomic E-state index is 0.239. The number of anilines is 6. The first-order chi connectivity index (χ1) is 18.5. The summed E-state index contributed by atoms with van der Waals surface area (Å²) in [4.78, 5) is 14.0. The maximum atomic E-state index is 14.1. The molecule has 8 nitrogen and oxygen atoms in total. The van der Waals surface area contributed by atoms with Crippen molar-refractivity contribution in [2.24, 2.45) is 0 Å². The quantitative estimate of drug-likeness (QED) is 0.195. The van der Waals surface area contributed by atoms with Crippen LogP contribution in [-0.4, -0.2) is 53.8 Å². The largest absolute Gasteiger partial charge is 0.860 e. The van der Waals surface area contributed by atoms with Gasteiger partial charge in [-0.3, -0.25) is 0 Å². The van der Waals surface area contributed by atoms with Crippen molar-refractivity contribution in [2.45, 2.75) is 0 Å². The second-order valence-corrected chi connectivity index (χ2v) is 9.47. The molecule has 3 N–H and O–H groups in total. The summed E-state index contributed by atoms with van der Waals surface area (Å²) in [6.45, 7) is 4.09. The number of aromatic nitrogens is 2. The van der Waals surface area contributed by atoms with Crippen molar-refractivity contribution in [1.82, 2.24) is 14.9 Å². The van der Waals surface area contributed by atoms with Crippen LogP contribution in [0.3, 0.4) is 0 Å². The van der Waals surface area contributed by atoms with Gasteiger partial charge in [0.25, 0.3) is 0 Å². The normalized spacial score (nSPS) is 14.5. The Bertz CT molecular complexity index is 1440. The number of nitrogens with one attached hydrogen (secondary N) is 3. The molecule has 0 radical (unpaired) electrons. The molecule has 1 aliphatic rings. The summed E-state index contributed by atoms with van der Waals surface area (Å²) in [7, 11) is 2.14. The number of thiol groups is 1. The van der Waals surface area contributed by atoms with Gasteiger partial charge in [-0.15, -0.1) is 0 Å². The lowest BCUT2D eigenvalue weighted by atomic mass is 10.2. The molecular formula is C28H29FN7OS-. The first-order valence-corrected chi connectivity index (χ1v) is 13.0. The molecule has 1 aliphatic heterocycles. The zero-order valence-corrected chi connectivity index (χ0v) is 21.9. The Morgan fingerprint density at radius 1 is 0.947 bits per heavy atom. The molecule has 0 amide bonds. The number of benzene rings is 3. The highest BCUT2D eigenvalue weighted by molar-refractivity contribution is 7.80. The predicted molar refractivity (Wildman–Crippen MR) is 154 cm³/mol. The van der Waals surface area contributed by atoms with E-state index in [2.05, 4.69) is 67.5 Å². The maximum Gasteiger partial charge on any atom is 0.229 e. The summed E-state index contributed by atoms with van der Waals surface area (Å²) >= 11 is 4.05. The lowest BCUT2D eigenvalue weighted by molar-refractivity contribution is -0.299. The van der Waals surface area contributed by atoms with E-state index in [1.165, 1.54) is 23.9 Å². The fraction of sp³-hybridized carbons (Fsp3) is 0.214. The molecule has 0 bridgehead atoms. The SMILES string of the molecule is CN1CCN(c2ccc(Nc3nc(Nc4cccc(N/C([O-])=C/CS)c4)c4cc(F)ccc4n3)cc2)CC1. The van der Waals surface area contributed by atoms with Crippen LogP contribution in [0.1, 0.15) is 0 Å². The van der Waals surface area contributed by atoms with E-state index in [9.17, 15) is 9.50 Å². The molecule has 2 heterocycles. The first kappa shape index (κ1) is 25.6. The van der Waals surface area contributed by atoms with Crippen LogP contribution in [0.2, 0.25) is 0 Å². The number of nitrogens with zero attached hydrogens (tertiary/aromatic N) is 4. The van der Waals surface area contributed by atoms with Crippen LogP contribution in [0.25, 0.3) is 10.9 Å². The van der Waals surface area contributed by atoms with Gasteiger partial charge in [-0.2, -0.15) is 17.6 Å². The van der Waals surface area contributed by atoms with Crippen molar-refractivity contribution in [2.75, 3.05) is 59.8 Å². The van der Waals surface area contributed by atoms with E-state index in [1.807, 2.05) is 24.3 Å². The number of hydrogen-bond donors (Lipinski definition) is 4. The van der Waals surface area contributed by atoms with Gasteiger partial charge in [0, 0.05) is 60.1 Å². The topological polar surface area (TPSA) is 91.4 Å². The molecule has 4 aromatic rings. The van der Waals surface area contributed by atoms with E-state index in [-0.39, 0.29) is 11.7 Å². The third kappa shape index (κ3) is 6.27. The van der Waals surface area contributed by atoms with Gasteiger partial charge in [0.15, 0.2) is 0 Å². The Labute approximate surface area is 226 Å². The number of rotatable bonds is 8. The summed E-state index contributed by atoms with van der Waals surface area (Å²) in [6.07, 6.45) is 1.44. The van der Waals surface area contributed by atoms with Crippen LogP contribution in [0.4, 0.5) is 38.9 Å². The number of halogens is 1. The van der Waals surface area contributed by atoms with Crippen molar-refractivity contribution >= 4 is 58.0 Å². The van der Waals surface area contributed by atoms with Gasteiger partial charge in [0.05, 0.1) is 5.52 Å². The predicted octanol–water partition coefficient (Wildman–Crippen LogP) is 4.55. The van der Waals surface area contributed by atoms with Gasteiger partial charge >= 0.3 is 0 Å². The summed E-state index contributed by atoms with van der Waals surface area (Å²) in [5, 5.41) is 21.8. The number of fused-ring (bicyclic) bond motifs is 1. The Hall–Kier alpha value is -4.02. The fourth-order valence-electron chi connectivity index (χ4n) is 4.29. The third-order valence-electron chi connectivity index (χ3n) is 6.32. The second-order valence-electron chi connectivity index (χ2n) is 9.10. The zero-order chi connectivity index (χ0) is 26.5. The number of likely N-dealkylation sites (N-methyl/N-ethyl adjacent to an activating group) is 1. The zero-order valence-electron chi connectivity index (χ0n) is 21.0. The first-order valence-electron chi connectivity index (χ1n) is 12.4. The number of piperazine rings is 1. The van der Waals surface area contributed by atoms with E-state index in [1.54, 1.807) is 18.2 Å². The molecule has 0 atom stereocenters. The molecule has 1 aromatic heterocycles. The Kier molecular flexibility index (Phi) is 7.81. The molecule has 1 fully saturated rings. The lowest BCUT2D eigenvalue weighted by Crippen LogP contribution is -2.44. The van der Waals surface area contributed by atoms with Gasteiger partial charge in [-0.1, -0.05) is 12.1 Å². The maximum absolute atomic E-state index is 14.1. The molecule has 5 rings (SSSR count). The molecule has 0 saturated carbocycles. The van der Waals surface area contributed by atoms with Crippen LogP contribution in [0.15, 0.2) is 78.7 Å². The fourth-order valence-corrected chi connectivity index (χ4v) is 4.45. The molecular weight excluding hydrogens is 501 g/mol. The van der Waals surface area contributed by atoms with Crippen molar-refractivity contribution < 1.29 is 9.50 Å². The smallest absolute Gasteiger partial charge is 0.229 e. The standard InChI is InChI=1S/C28H30FN7OS/c1-35-12-14-36(15-13-35)23-8-6-20(7-9-23)32-28-33-25-10-5-19(29)17-24(25)27(34-28)31-22-4-2-3-21(18-22)30-26(37)11-16-38/h2-11,17-18,30,37-38H,12-16H2,1H3,(H2,31,32,33,34)/p-1/b26-11-. The molecule has 0 spiro atoms. The minimum Gasteiger partial charge on any atom is -0.860 e. The Morgan fingerprint density at radius 3 is 2.47 bits per heavy atom. The number of hydrogen-bond acceptors (Lipinski definition) is 9. The molecule has 38 heavy (non-hydrogen) atoms. The summed E-state index contributed by atoms with van der Waals surface area (Å²) in [5.41, 5.74) is 3.91. The summed E-state index contributed by atoms with van der Waals surface area (Å²) < 4.78 is 14.1. The van der Waals surface area contributed by atoms with Crippen molar-refractivity contribution in [3.63, 3.8) is 0 Å². The average molecular weight is 531 g/mol.